The van der Waals surface area contributed by atoms with E-state index in [4.69, 9.17) is 5.73 Å². The van der Waals surface area contributed by atoms with Crippen molar-refractivity contribution in [2.75, 3.05) is 13.1 Å². The van der Waals surface area contributed by atoms with Crippen molar-refractivity contribution in [1.29, 1.82) is 0 Å². The molecule has 0 aromatic rings. The minimum absolute atomic E-state index is 0.251. The van der Waals surface area contributed by atoms with Gasteiger partial charge in [0.15, 0.2) is 0 Å². The molecule has 1 saturated heterocycles. The first-order chi connectivity index (χ1) is 8.20. The first kappa shape index (κ1) is 14.3. The topological polar surface area (TPSA) is 29.3 Å². The van der Waals surface area contributed by atoms with Gasteiger partial charge in [0, 0.05) is 18.1 Å². The molecular formula is C16H32N2. The smallest absolute Gasteiger partial charge is 0.0344 e. The number of nitrogens with two attached hydrogens (primary N) is 1. The van der Waals surface area contributed by atoms with E-state index in [0.717, 1.165) is 12.6 Å². The van der Waals surface area contributed by atoms with Crippen molar-refractivity contribution >= 4 is 0 Å². The highest BCUT2D eigenvalue weighted by Gasteiger charge is 2.51. The molecule has 1 aliphatic carbocycles. The molecule has 2 heteroatoms. The molecule has 2 fully saturated rings. The first-order valence-electron chi connectivity index (χ1n) is 7.67. The van der Waals surface area contributed by atoms with Crippen LogP contribution >= 0.6 is 0 Å². The van der Waals surface area contributed by atoms with E-state index in [9.17, 15) is 0 Å². The molecule has 106 valence electrons. The van der Waals surface area contributed by atoms with Gasteiger partial charge in [-0.05, 0) is 56.4 Å². The minimum Gasteiger partial charge on any atom is -0.329 e. The van der Waals surface area contributed by atoms with Gasteiger partial charge in [-0.2, -0.15) is 0 Å². The molecular weight excluding hydrogens is 220 g/mol. The molecule has 1 saturated carbocycles. The van der Waals surface area contributed by atoms with Crippen LogP contribution in [0.15, 0.2) is 0 Å². The Morgan fingerprint density at radius 3 is 2.00 bits per heavy atom. The molecule has 0 amide bonds. The van der Waals surface area contributed by atoms with E-state index in [1.807, 2.05) is 0 Å². The summed E-state index contributed by atoms with van der Waals surface area (Å²) >= 11 is 0. The third kappa shape index (κ3) is 2.60. The molecule has 0 aromatic carbocycles. The summed E-state index contributed by atoms with van der Waals surface area (Å²) in [7, 11) is 0. The second-order valence-corrected chi connectivity index (χ2v) is 8.47. The highest BCUT2D eigenvalue weighted by Crippen LogP contribution is 2.53. The summed E-state index contributed by atoms with van der Waals surface area (Å²) in [4.78, 5) is 2.75. The van der Waals surface area contributed by atoms with E-state index in [-0.39, 0.29) is 5.54 Å². The largest absolute Gasteiger partial charge is 0.329 e. The van der Waals surface area contributed by atoms with E-state index in [2.05, 4.69) is 39.5 Å². The quantitative estimate of drug-likeness (QED) is 0.816. The zero-order chi connectivity index (χ0) is 13.6. The fraction of sp³-hybridized carbons (Fsp3) is 1.00. The average Bonchev–Trinajstić information content (AvgIpc) is 2.60. The third-order valence-corrected chi connectivity index (χ3v) is 5.11. The van der Waals surface area contributed by atoms with E-state index in [1.54, 1.807) is 0 Å². The molecule has 0 bridgehead atoms. The Morgan fingerprint density at radius 2 is 1.61 bits per heavy atom. The van der Waals surface area contributed by atoms with Crippen LogP contribution in [0, 0.1) is 10.8 Å². The molecule has 0 radical (unpaired) electrons. The fourth-order valence-electron chi connectivity index (χ4n) is 5.37. The van der Waals surface area contributed by atoms with Crippen LogP contribution in [-0.2, 0) is 0 Å². The van der Waals surface area contributed by atoms with Gasteiger partial charge in [0.25, 0.3) is 0 Å². The van der Waals surface area contributed by atoms with Crippen LogP contribution in [0.4, 0.5) is 0 Å². The van der Waals surface area contributed by atoms with Crippen LogP contribution in [0.5, 0.6) is 0 Å². The van der Waals surface area contributed by atoms with Crippen molar-refractivity contribution in [2.24, 2.45) is 16.6 Å². The van der Waals surface area contributed by atoms with Gasteiger partial charge in [-0.25, -0.2) is 0 Å². The number of nitrogens with zero attached hydrogens (tertiary/aromatic N) is 1. The summed E-state index contributed by atoms with van der Waals surface area (Å²) in [5.41, 5.74) is 7.37. The Kier molecular flexibility index (Phi) is 3.57. The molecule has 2 nitrogen and oxygen atoms in total. The second kappa shape index (κ2) is 4.49. The molecule has 1 atom stereocenters. The molecule has 1 aliphatic heterocycles. The minimum atomic E-state index is 0.251. The number of hydrogen-bond donors (Lipinski definition) is 1. The lowest BCUT2D eigenvalue weighted by molar-refractivity contribution is -0.0468. The Balaban J connectivity index is 2.30. The Bertz CT molecular complexity index is 290. The average molecular weight is 252 g/mol. The maximum absolute atomic E-state index is 6.28. The van der Waals surface area contributed by atoms with Crippen LogP contribution in [0.25, 0.3) is 0 Å². The molecule has 18 heavy (non-hydrogen) atoms. The van der Waals surface area contributed by atoms with Crippen molar-refractivity contribution < 1.29 is 0 Å². The second-order valence-electron chi connectivity index (χ2n) is 8.47. The highest BCUT2D eigenvalue weighted by molar-refractivity contribution is 5.06. The van der Waals surface area contributed by atoms with Crippen LogP contribution in [0.2, 0.25) is 0 Å². The molecule has 0 aromatic heterocycles. The molecule has 2 N–H and O–H groups in total. The zero-order valence-corrected chi connectivity index (χ0v) is 13.1. The summed E-state index contributed by atoms with van der Waals surface area (Å²) in [5, 5.41) is 0. The fourth-order valence-corrected chi connectivity index (χ4v) is 5.37. The van der Waals surface area contributed by atoms with Gasteiger partial charge >= 0.3 is 0 Å². The summed E-state index contributed by atoms with van der Waals surface area (Å²) in [5.74, 6) is 0. The predicted molar refractivity (Wildman–Crippen MR) is 78.6 cm³/mol. The summed E-state index contributed by atoms with van der Waals surface area (Å²) in [6.07, 6.45) is 6.56. The van der Waals surface area contributed by atoms with Gasteiger partial charge in [0.05, 0.1) is 0 Å². The van der Waals surface area contributed by atoms with E-state index < -0.39 is 0 Å². The predicted octanol–water partition coefficient (Wildman–Crippen LogP) is 3.40. The summed E-state index contributed by atoms with van der Waals surface area (Å²) in [6.45, 7) is 14.2. The van der Waals surface area contributed by atoms with Gasteiger partial charge in [-0.3, -0.25) is 4.90 Å². The number of hydrogen-bond acceptors (Lipinski definition) is 2. The van der Waals surface area contributed by atoms with Gasteiger partial charge in [0.2, 0.25) is 0 Å². The maximum atomic E-state index is 6.28. The maximum Gasteiger partial charge on any atom is 0.0344 e. The van der Waals surface area contributed by atoms with Crippen molar-refractivity contribution in [3.05, 3.63) is 0 Å². The van der Waals surface area contributed by atoms with Crippen LogP contribution in [0.1, 0.15) is 66.7 Å². The zero-order valence-electron chi connectivity index (χ0n) is 13.1. The SMILES string of the molecule is CC1CCCN1C1(CN)CC(C)(C)CC(C)(C)C1. The van der Waals surface area contributed by atoms with Crippen molar-refractivity contribution in [2.45, 2.75) is 78.3 Å². The van der Waals surface area contributed by atoms with Crippen molar-refractivity contribution in [3.8, 4) is 0 Å². The van der Waals surface area contributed by atoms with Crippen molar-refractivity contribution in [3.63, 3.8) is 0 Å². The van der Waals surface area contributed by atoms with Crippen LogP contribution in [-0.4, -0.2) is 29.6 Å². The lowest BCUT2D eigenvalue weighted by Crippen LogP contribution is -2.61. The summed E-state index contributed by atoms with van der Waals surface area (Å²) < 4.78 is 0. The molecule has 1 heterocycles. The lowest BCUT2D eigenvalue weighted by Gasteiger charge is -2.56. The standard InChI is InChI=1S/C16H32N2/c1-13-7-6-8-18(13)16(12-17)10-14(2,3)9-15(4,5)11-16/h13H,6-12,17H2,1-5H3. The summed E-state index contributed by atoms with van der Waals surface area (Å²) in [6, 6.07) is 0.721. The number of likely N-dealkylation sites (tertiary alicyclic amines) is 1. The van der Waals surface area contributed by atoms with E-state index in [1.165, 1.54) is 38.6 Å². The lowest BCUT2D eigenvalue weighted by atomic mass is 9.58. The molecule has 1 unspecified atom stereocenters. The Hall–Kier alpha value is -0.0800. The van der Waals surface area contributed by atoms with Gasteiger partial charge < -0.3 is 5.73 Å². The molecule has 0 spiro atoms. The Labute approximate surface area is 113 Å². The molecule has 2 aliphatic rings. The van der Waals surface area contributed by atoms with E-state index >= 15 is 0 Å². The molecule has 2 rings (SSSR count). The first-order valence-corrected chi connectivity index (χ1v) is 7.67. The van der Waals surface area contributed by atoms with Crippen LogP contribution in [0.3, 0.4) is 0 Å². The van der Waals surface area contributed by atoms with Crippen molar-refractivity contribution in [1.82, 2.24) is 4.90 Å². The Morgan fingerprint density at radius 1 is 1.06 bits per heavy atom. The highest BCUT2D eigenvalue weighted by atomic mass is 15.3. The van der Waals surface area contributed by atoms with Gasteiger partial charge in [-0.15, -0.1) is 0 Å². The third-order valence-electron chi connectivity index (χ3n) is 5.11. The monoisotopic (exact) mass is 252 g/mol. The van der Waals surface area contributed by atoms with Gasteiger partial charge in [0.1, 0.15) is 0 Å². The van der Waals surface area contributed by atoms with Gasteiger partial charge in [-0.1, -0.05) is 27.7 Å². The number of rotatable bonds is 2. The van der Waals surface area contributed by atoms with E-state index in [0.29, 0.717) is 10.8 Å². The van der Waals surface area contributed by atoms with Crippen LogP contribution < -0.4 is 5.73 Å². The normalized spacial score (nSPS) is 34.7.